The molecule has 0 bridgehead atoms. The number of carbonyl (C=O) groups excluding carboxylic acids is 1. The standard InChI is InChI=1S/C18H23NO4S/c1-3-18(10-6-12-23-24(2,21)22)11-9-15-16(17(18)20)13-7-4-5-8-14(13)19-15/h4-5,7-8,19H,3,6,9-12H2,1-2H3/t18-/m1/s1. The minimum atomic E-state index is -3.43. The molecule has 0 saturated heterocycles. The summed E-state index contributed by atoms with van der Waals surface area (Å²) in [5.41, 5.74) is 2.43. The van der Waals surface area contributed by atoms with Crippen LogP contribution in [0.15, 0.2) is 24.3 Å². The Morgan fingerprint density at radius 2 is 2.04 bits per heavy atom. The molecule has 1 heterocycles. The van der Waals surface area contributed by atoms with Gasteiger partial charge < -0.3 is 4.98 Å². The molecular formula is C18H23NO4S. The smallest absolute Gasteiger partial charge is 0.264 e. The number of Topliss-reactive ketones (excluding diaryl/α,β-unsaturated/α-hetero) is 1. The molecule has 1 atom stereocenters. The van der Waals surface area contributed by atoms with Gasteiger partial charge in [0.1, 0.15) is 0 Å². The molecule has 1 N–H and O–H groups in total. The molecule has 2 aromatic rings. The minimum absolute atomic E-state index is 0.134. The zero-order chi connectivity index (χ0) is 17.4. The van der Waals surface area contributed by atoms with Crippen LogP contribution in [-0.4, -0.2) is 32.0 Å². The van der Waals surface area contributed by atoms with Crippen molar-refractivity contribution in [3.8, 4) is 0 Å². The van der Waals surface area contributed by atoms with E-state index in [0.29, 0.717) is 12.8 Å². The number of aromatic nitrogens is 1. The molecular weight excluding hydrogens is 326 g/mol. The van der Waals surface area contributed by atoms with E-state index in [0.717, 1.165) is 47.7 Å². The Hall–Kier alpha value is -1.66. The molecule has 0 unspecified atom stereocenters. The Kier molecular flexibility index (Phi) is 4.53. The van der Waals surface area contributed by atoms with Crippen molar-refractivity contribution < 1.29 is 17.4 Å². The highest BCUT2D eigenvalue weighted by Gasteiger charge is 2.42. The average molecular weight is 349 g/mol. The van der Waals surface area contributed by atoms with Crippen LogP contribution in [0.5, 0.6) is 0 Å². The van der Waals surface area contributed by atoms with Crippen molar-refractivity contribution in [1.82, 2.24) is 4.98 Å². The molecule has 5 nitrogen and oxygen atoms in total. The maximum Gasteiger partial charge on any atom is 0.264 e. The van der Waals surface area contributed by atoms with E-state index in [1.54, 1.807) is 0 Å². The highest BCUT2D eigenvalue weighted by Crippen LogP contribution is 2.43. The molecule has 1 aliphatic carbocycles. The lowest BCUT2D eigenvalue weighted by molar-refractivity contribution is 0.0717. The van der Waals surface area contributed by atoms with Crippen molar-refractivity contribution in [2.45, 2.75) is 39.0 Å². The molecule has 3 rings (SSSR count). The molecule has 1 aromatic carbocycles. The largest absolute Gasteiger partial charge is 0.358 e. The van der Waals surface area contributed by atoms with Crippen LogP contribution in [-0.2, 0) is 20.7 Å². The van der Waals surface area contributed by atoms with Gasteiger partial charge in [-0.15, -0.1) is 0 Å². The molecule has 0 radical (unpaired) electrons. The van der Waals surface area contributed by atoms with Crippen LogP contribution in [0.25, 0.3) is 10.9 Å². The highest BCUT2D eigenvalue weighted by molar-refractivity contribution is 7.85. The van der Waals surface area contributed by atoms with Crippen LogP contribution in [0.4, 0.5) is 0 Å². The third-order valence-corrected chi connectivity index (χ3v) is 5.71. The fraction of sp³-hybridized carbons (Fsp3) is 0.500. The number of ketones is 1. The number of aromatic amines is 1. The number of rotatable bonds is 6. The normalized spacial score (nSPS) is 21.2. The maximum atomic E-state index is 13.3. The quantitative estimate of drug-likeness (QED) is 0.640. The zero-order valence-electron chi connectivity index (χ0n) is 14.1. The van der Waals surface area contributed by atoms with Gasteiger partial charge in [0, 0.05) is 27.6 Å². The first kappa shape index (κ1) is 17.2. The van der Waals surface area contributed by atoms with Crippen LogP contribution >= 0.6 is 0 Å². The molecule has 0 amide bonds. The van der Waals surface area contributed by atoms with E-state index in [2.05, 4.69) is 4.98 Å². The Morgan fingerprint density at radius 3 is 2.75 bits per heavy atom. The lowest BCUT2D eigenvalue weighted by Crippen LogP contribution is -2.35. The molecule has 6 heteroatoms. The fourth-order valence-corrected chi connectivity index (χ4v) is 4.18. The van der Waals surface area contributed by atoms with Crippen molar-refractivity contribution in [1.29, 1.82) is 0 Å². The number of para-hydroxylation sites is 1. The highest BCUT2D eigenvalue weighted by atomic mass is 32.2. The van der Waals surface area contributed by atoms with E-state index in [1.807, 2.05) is 31.2 Å². The third-order valence-electron chi connectivity index (χ3n) is 5.12. The first-order chi connectivity index (χ1) is 11.4. The summed E-state index contributed by atoms with van der Waals surface area (Å²) in [6.07, 6.45) is 4.65. The molecule has 0 fully saturated rings. The summed E-state index contributed by atoms with van der Waals surface area (Å²) in [4.78, 5) is 16.6. The Bertz CT molecular complexity index is 868. The van der Waals surface area contributed by atoms with Crippen LogP contribution in [0.1, 0.15) is 48.7 Å². The van der Waals surface area contributed by atoms with E-state index in [9.17, 15) is 13.2 Å². The lowest BCUT2D eigenvalue weighted by Gasteiger charge is -2.35. The van der Waals surface area contributed by atoms with Gasteiger partial charge in [-0.2, -0.15) is 8.42 Å². The van der Waals surface area contributed by atoms with Gasteiger partial charge in [0.2, 0.25) is 0 Å². The van der Waals surface area contributed by atoms with E-state index < -0.39 is 15.5 Å². The average Bonchev–Trinajstić information content (AvgIpc) is 2.92. The second-order valence-corrected chi connectivity index (χ2v) is 8.26. The van der Waals surface area contributed by atoms with Crippen LogP contribution in [0.3, 0.4) is 0 Å². The van der Waals surface area contributed by atoms with Crippen molar-refractivity contribution in [3.05, 3.63) is 35.5 Å². The predicted octanol–water partition coefficient (Wildman–Crippen LogP) is 3.45. The van der Waals surface area contributed by atoms with Gasteiger partial charge in [-0.1, -0.05) is 25.1 Å². The van der Waals surface area contributed by atoms with Crippen molar-refractivity contribution >= 4 is 26.8 Å². The van der Waals surface area contributed by atoms with Gasteiger partial charge in [0.05, 0.1) is 12.9 Å². The fourth-order valence-electron chi connectivity index (χ4n) is 3.76. The van der Waals surface area contributed by atoms with Gasteiger partial charge >= 0.3 is 0 Å². The molecule has 0 aliphatic heterocycles. The van der Waals surface area contributed by atoms with Gasteiger partial charge in [0.25, 0.3) is 10.1 Å². The second-order valence-electron chi connectivity index (χ2n) is 6.62. The third kappa shape index (κ3) is 3.13. The molecule has 1 aliphatic rings. The first-order valence-corrected chi connectivity index (χ1v) is 10.2. The monoisotopic (exact) mass is 349 g/mol. The summed E-state index contributed by atoms with van der Waals surface area (Å²) in [5, 5.41) is 0.988. The van der Waals surface area contributed by atoms with E-state index in [1.165, 1.54) is 0 Å². The summed E-state index contributed by atoms with van der Waals surface area (Å²) in [5.74, 6) is 0.183. The number of hydrogen-bond acceptors (Lipinski definition) is 4. The molecule has 24 heavy (non-hydrogen) atoms. The number of fused-ring (bicyclic) bond motifs is 3. The molecule has 1 aromatic heterocycles. The van der Waals surface area contributed by atoms with Crippen LogP contribution in [0.2, 0.25) is 0 Å². The van der Waals surface area contributed by atoms with E-state index in [-0.39, 0.29) is 12.4 Å². The van der Waals surface area contributed by atoms with Crippen LogP contribution < -0.4 is 0 Å². The summed E-state index contributed by atoms with van der Waals surface area (Å²) < 4.78 is 27.0. The second kappa shape index (κ2) is 6.33. The minimum Gasteiger partial charge on any atom is -0.358 e. The Balaban J connectivity index is 1.84. The molecule has 0 spiro atoms. The molecule has 130 valence electrons. The Labute approximate surface area is 142 Å². The predicted molar refractivity (Wildman–Crippen MR) is 93.7 cm³/mol. The number of H-pyrrole nitrogens is 1. The van der Waals surface area contributed by atoms with E-state index >= 15 is 0 Å². The summed E-state index contributed by atoms with van der Waals surface area (Å²) in [6, 6.07) is 7.89. The summed E-state index contributed by atoms with van der Waals surface area (Å²) in [6.45, 7) is 2.17. The zero-order valence-corrected chi connectivity index (χ0v) is 14.9. The summed E-state index contributed by atoms with van der Waals surface area (Å²) >= 11 is 0. The van der Waals surface area contributed by atoms with Crippen molar-refractivity contribution in [2.75, 3.05) is 12.9 Å². The molecule has 0 saturated carbocycles. The van der Waals surface area contributed by atoms with Gasteiger partial charge in [-0.05, 0) is 38.2 Å². The summed E-state index contributed by atoms with van der Waals surface area (Å²) in [7, 11) is -3.43. The van der Waals surface area contributed by atoms with Gasteiger partial charge in [-0.25, -0.2) is 0 Å². The topological polar surface area (TPSA) is 76.2 Å². The van der Waals surface area contributed by atoms with Crippen molar-refractivity contribution in [2.24, 2.45) is 5.41 Å². The van der Waals surface area contributed by atoms with E-state index in [4.69, 9.17) is 4.18 Å². The number of benzene rings is 1. The Morgan fingerprint density at radius 1 is 1.29 bits per heavy atom. The lowest BCUT2D eigenvalue weighted by atomic mass is 9.67. The van der Waals surface area contributed by atoms with Gasteiger partial charge in [-0.3, -0.25) is 8.98 Å². The van der Waals surface area contributed by atoms with Crippen molar-refractivity contribution in [3.63, 3.8) is 0 Å². The number of nitrogens with one attached hydrogen (secondary N) is 1. The SMILES string of the molecule is CC[C@@]1(CCCOS(C)(=O)=O)CCc2[nH]c3ccccc3c2C1=O. The number of hydrogen-bond donors (Lipinski definition) is 1. The maximum absolute atomic E-state index is 13.3. The first-order valence-electron chi connectivity index (χ1n) is 8.35. The number of carbonyl (C=O) groups is 1. The van der Waals surface area contributed by atoms with Crippen LogP contribution in [0, 0.1) is 5.41 Å². The van der Waals surface area contributed by atoms with Gasteiger partial charge in [0.15, 0.2) is 5.78 Å². The number of aryl methyl sites for hydroxylation is 1.